The summed E-state index contributed by atoms with van der Waals surface area (Å²) in [5.41, 5.74) is 2.22. The minimum atomic E-state index is -0.367. The number of hydrogen-bond acceptors (Lipinski definition) is 6. The zero-order valence-electron chi connectivity index (χ0n) is 16.5. The monoisotopic (exact) mass is 406 g/mol. The first-order valence-corrected chi connectivity index (χ1v) is 9.46. The first-order valence-electron chi connectivity index (χ1n) is 9.46. The van der Waals surface area contributed by atoms with Crippen molar-refractivity contribution in [1.82, 2.24) is 24.9 Å². The van der Waals surface area contributed by atoms with Crippen molar-refractivity contribution in [3.63, 3.8) is 0 Å². The highest BCUT2D eigenvalue weighted by atomic mass is 19.1. The van der Waals surface area contributed by atoms with Gasteiger partial charge in [-0.1, -0.05) is 12.1 Å². The van der Waals surface area contributed by atoms with Gasteiger partial charge < -0.3 is 9.84 Å². The van der Waals surface area contributed by atoms with Gasteiger partial charge in [0.2, 0.25) is 0 Å². The largest absolute Gasteiger partial charge is 0.334 e. The standard InChI is InChI=1S/C21H19FN6O2/c1-3-4-18-26-21(30-27-18)14-5-10-19(23-11-14)28-13(2)17(12-24-28)20(29)25-16-8-6-15(22)7-9-16/h5-12H,3-4H2,1-2H3,(H,25,29). The van der Waals surface area contributed by atoms with Crippen molar-refractivity contribution >= 4 is 11.6 Å². The molecule has 0 unspecified atom stereocenters. The minimum absolute atomic E-state index is 0.337. The van der Waals surface area contributed by atoms with Crippen LogP contribution in [0.2, 0.25) is 0 Å². The molecular formula is C21H19FN6O2. The number of anilines is 1. The third kappa shape index (κ3) is 3.95. The lowest BCUT2D eigenvalue weighted by atomic mass is 10.2. The van der Waals surface area contributed by atoms with Crippen LogP contribution in [0.1, 0.15) is 35.2 Å². The fourth-order valence-electron chi connectivity index (χ4n) is 2.93. The maximum Gasteiger partial charge on any atom is 0.259 e. The zero-order valence-corrected chi connectivity index (χ0v) is 16.5. The van der Waals surface area contributed by atoms with E-state index in [-0.39, 0.29) is 11.7 Å². The number of aromatic nitrogens is 5. The second-order valence-electron chi connectivity index (χ2n) is 6.69. The van der Waals surface area contributed by atoms with Crippen molar-refractivity contribution in [3.05, 3.63) is 71.7 Å². The Kier molecular flexibility index (Phi) is 5.34. The normalized spacial score (nSPS) is 10.9. The number of halogens is 1. The maximum atomic E-state index is 13.0. The summed E-state index contributed by atoms with van der Waals surface area (Å²) in [6, 6.07) is 9.14. The van der Waals surface area contributed by atoms with Crippen LogP contribution >= 0.6 is 0 Å². The molecular weight excluding hydrogens is 387 g/mol. The van der Waals surface area contributed by atoms with Gasteiger partial charge in [0.05, 0.1) is 23.0 Å². The highest BCUT2D eigenvalue weighted by molar-refractivity contribution is 6.04. The molecule has 0 radical (unpaired) electrons. The molecule has 4 aromatic rings. The van der Waals surface area contributed by atoms with Gasteiger partial charge in [-0.15, -0.1) is 0 Å². The third-order valence-electron chi connectivity index (χ3n) is 4.51. The number of rotatable bonds is 6. The zero-order chi connectivity index (χ0) is 21.1. The third-order valence-corrected chi connectivity index (χ3v) is 4.51. The van der Waals surface area contributed by atoms with E-state index < -0.39 is 0 Å². The topological polar surface area (TPSA) is 98.7 Å². The van der Waals surface area contributed by atoms with Gasteiger partial charge in [0, 0.05) is 18.3 Å². The molecule has 30 heavy (non-hydrogen) atoms. The summed E-state index contributed by atoms with van der Waals surface area (Å²) in [6.07, 6.45) is 4.78. The highest BCUT2D eigenvalue weighted by Crippen LogP contribution is 2.20. The average Bonchev–Trinajstić information content (AvgIpc) is 3.37. The lowest BCUT2D eigenvalue weighted by Gasteiger charge is -2.06. The lowest BCUT2D eigenvalue weighted by Crippen LogP contribution is -2.13. The molecule has 0 aliphatic heterocycles. The van der Waals surface area contributed by atoms with Crippen LogP contribution < -0.4 is 5.32 Å². The molecule has 1 aromatic carbocycles. The summed E-state index contributed by atoms with van der Waals surface area (Å²) in [7, 11) is 0. The molecule has 0 spiro atoms. The number of carbonyl (C=O) groups excluding carboxylic acids is 1. The summed E-state index contributed by atoms with van der Waals surface area (Å²) < 4.78 is 19.9. The average molecular weight is 406 g/mol. The molecule has 8 nitrogen and oxygen atoms in total. The number of pyridine rings is 1. The molecule has 3 aromatic heterocycles. The Labute approximate surface area is 171 Å². The lowest BCUT2D eigenvalue weighted by molar-refractivity contribution is 0.102. The molecule has 3 heterocycles. The number of nitrogens with zero attached hydrogens (tertiary/aromatic N) is 5. The summed E-state index contributed by atoms with van der Waals surface area (Å²) in [5.74, 6) is 0.917. The molecule has 4 rings (SSSR count). The summed E-state index contributed by atoms with van der Waals surface area (Å²) in [4.78, 5) is 21.3. The Bertz CT molecular complexity index is 1170. The predicted octanol–water partition coefficient (Wildman–Crippen LogP) is 3.97. The van der Waals surface area contributed by atoms with Crippen LogP contribution in [0, 0.1) is 12.7 Å². The first-order chi connectivity index (χ1) is 14.5. The van der Waals surface area contributed by atoms with Crippen molar-refractivity contribution in [2.45, 2.75) is 26.7 Å². The van der Waals surface area contributed by atoms with Gasteiger partial charge in [-0.2, -0.15) is 10.1 Å². The van der Waals surface area contributed by atoms with Gasteiger partial charge in [0.15, 0.2) is 11.6 Å². The molecule has 1 amide bonds. The van der Waals surface area contributed by atoms with Crippen molar-refractivity contribution in [2.75, 3.05) is 5.32 Å². The van der Waals surface area contributed by atoms with E-state index in [0.29, 0.717) is 40.0 Å². The van der Waals surface area contributed by atoms with Crippen LogP contribution in [0.3, 0.4) is 0 Å². The molecule has 152 valence electrons. The first kappa shape index (κ1) is 19.4. The van der Waals surface area contributed by atoms with Gasteiger partial charge in [0.1, 0.15) is 5.82 Å². The predicted molar refractivity (Wildman–Crippen MR) is 108 cm³/mol. The van der Waals surface area contributed by atoms with E-state index in [9.17, 15) is 9.18 Å². The van der Waals surface area contributed by atoms with Crippen LogP contribution in [0.4, 0.5) is 10.1 Å². The van der Waals surface area contributed by atoms with Crippen LogP contribution in [0.5, 0.6) is 0 Å². The van der Waals surface area contributed by atoms with E-state index in [1.807, 2.05) is 13.0 Å². The van der Waals surface area contributed by atoms with Crippen molar-refractivity contribution in [3.8, 4) is 17.3 Å². The number of amides is 1. The molecule has 0 aliphatic rings. The Hall–Kier alpha value is -3.88. The Morgan fingerprint density at radius 1 is 1.17 bits per heavy atom. The summed E-state index contributed by atoms with van der Waals surface area (Å²) in [5, 5.41) is 10.9. The second kappa shape index (κ2) is 8.24. The molecule has 0 saturated heterocycles. The number of benzene rings is 1. The van der Waals surface area contributed by atoms with Crippen molar-refractivity contribution in [1.29, 1.82) is 0 Å². The quantitative estimate of drug-likeness (QED) is 0.520. The fourth-order valence-corrected chi connectivity index (χ4v) is 2.93. The van der Waals surface area contributed by atoms with Crippen molar-refractivity contribution in [2.24, 2.45) is 0 Å². The van der Waals surface area contributed by atoms with E-state index in [4.69, 9.17) is 4.52 Å². The van der Waals surface area contributed by atoms with Crippen LogP contribution in [-0.4, -0.2) is 30.8 Å². The number of carbonyl (C=O) groups is 1. The van der Waals surface area contributed by atoms with Gasteiger partial charge in [-0.05, 0) is 49.7 Å². The molecule has 0 saturated carbocycles. The van der Waals surface area contributed by atoms with E-state index in [2.05, 4.69) is 25.5 Å². The Morgan fingerprint density at radius 3 is 2.67 bits per heavy atom. The molecule has 0 aliphatic carbocycles. The van der Waals surface area contributed by atoms with Crippen molar-refractivity contribution < 1.29 is 13.7 Å². The SMILES string of the molecule is CCCc1noc(-c2ccc(-n3ncc(C(=O)Nc4ccc(F)cc4)c3C)nc2)n1. The minimum Gasteiger partial charge on any atom is -0.334 e. The van der Waals surface area contributed by atoms with Crippen LogP contribution in [0.25, 0.3) is 17.3 Å². The molecule has 9 heteroatoms. The Morgan fingerprint density at radius 2 is 1.97 bits per heavy atom. The number of nitrogens with one attached hydrogen (secondary N) is 1. The van der Waals surface area contributed by atoms with Gasteiger partial charge in [0.25, 0.3) is 11.8 Å². The summed E-state index contributed by atoms with van der Waals surface area (Å²) >= 11 is 0. The van der Waals surface area contributed by atoms with Gasteiger partial charge >= 0.3 is 0 Å². The van der Waals surface area contributed by atoms with E-state index in [1.54, 1.807) is 23.9 Å². The number of hydrogen-bond donors (Lipinski definition) is 1. The fraction of sp³-hybridized carbons (Fsp3) is 0.190. The smallest absolute Gasteiger partial charge is 0.259 e. The molecule has 1 N–H and O–H groups in total. The summed E-state index contributed by atoms with van der Waals surface area (Å²) in [6.45, 7) is 3.82. The van der Waals surface area contributed by atoms with E-state index in [0.717, 1.165) is 12.8 Å². The van der Waals surface area contributed by atoms with E-state index in [1.165, 1.54) is 30.5 Å². The van der Waals surface area contributed by atoms with Crippen LogP contribution in [0.15, 0.2) is 53.3 Å². The maximum absolute atomic E-state index is 13.0. The second-order valence-corrected chi connectivity index (χ2v) is 6.69. The van der Waals surface area contributed by atoms with E-state index >= 15 is 0 Å². The molecule has 0 bridgehead atoms. The van der Waals surface area contributed by atoms with Gasteiger partial charge in [-0.3, -0.25) is 4.79 Å². The number of aryl methyl sites for hydroxylation is 1. The highest BCUT2D eigenvalue weighted by Gasteiger charge is 2.17. The van der Waals surface area contributed by atoms with Gasteiger partial charge in [-0.25, -0.2) is 14.1 Å². The molecule has 0 fully saturated rings. The van der Waals surface area contributed by atoms with Crippen LogP contribution in [-0.2, 0) is 6.42 Å². The molecule has 0 atom stereocenters. The Balaban J connectivity index is 1.52.